The minimum absolute atomic E-state index is 0.143. The molecule has 1 aromatic heterocycles. The molecule has 0 unspecified atom stereocenters. The van der Waals surface area contributed by atoms with E-state index in [0.717, 1.165) is 11.8 Å². The van der Waals surface area contributed by atoms with Crippen molar-refractivity contribution in [3.63, 3.8) is 0 Å². The molecule has 1 heterocycles. The molecule has 8 heteroatoms. The molecule has 0 aliphatic rings. The van der Waals surface area contributed by atoms with Gasteiger partial charge in [-0.1, -0.05) is 41.7 Å². The van der Waals surface area contributed by atoms with E-state index in [0.29, 0.717) is 20.9 Å². The van der Waals surface area contributed by atoms with Gasteiger partial charge in [-0.25, -0.2) is 17.8 Å². The van der Waals surface area contributed by atoms with E-state index in [1.165, 1.54) is 52.6 Å². The van der Waals surface area contributed by atoms with Crippen LogP contribution in [0, 0.1) is 5.82 Å². The highest BCUT2D eigenvalue weighted by Gasteiger charge is 2.22. The van der Waals surface area contributed by atoms with Gasteiger partial charge in [0.2, 0.25) is 0 Å². The SMILES string of the molecule is CS(=O)(=O)c1ccc(C(=O)N(Cc2ccccc2)c2nc3ccc(F)cc3s2)cc1. The summed E-state index contributed by atoms with van der Waals surface area (Å²) in [4.78, 5) is 19.5. The van der Waals surface area contributed by atoms with Crippen molar-refractivity contribution in [2.75, 3.05) is 11.2 Å². The lowest BCUT2D eigenvalue weighted by Gasteiger charge is -2.20. The van der Waals surface area contributed by atoms with Crippen molar-refractivity contribution in [1.82, 2.24) is 4.98 Å². The summed E-state index contributed by atoms with van der Waals surface area (Å²) in [6.07, 6.45) is 1.12. The van der Waals surface area contributed by atoms with Gasteiger partial charge in [-0.2, -0.15) is 0 Å². The van der Waals surface area contributed by atoms with Gasteiger partial charge >= 0.3 is 0 Å². The first kappa shape index (κ1) is 20.2. The number of carbonyl (C=O) groups is 1. The van der Waals surface area contributed by atoms with Crippen LogP contribution in [0.25, 0.3) is 10.2 Å². The van der Waals surface area contributed by atoms with E-state index in [1.807, 2.05) is 30.3 Å². The van der Waals surface area contributed by atoms with Crippen molar-refractivity contribution in [3.05, 3.63) is 89.7 Å². The highest BCUT2D eigenvalue weighted by Crippen LogP contribution is 2.31. The van der Waals surface area contributed by atoms with E-state index >= 15 is 0 Å². The average molecular weight is 441 g/mol. The molecule has 0 saturated carbocycles. The molecular weight excluding hydrogens is 423 g/mol. The Kier molecular flexibility index (Phi) is 5.36. The highest BCUT2D eigenvalue weighted by atomic mass is 32.2. The Bertz CT molecular complexity index is 1320. The van der Waals surface area contributed by atoms with E-state index in [9.17, 15) is 17.6 Å². The summed E-state index contributed by atoms with van der Waals surface area (Å²) < 4.78 is 37.6. The smallest absolute Gasteiger partial charge is 0.260 e. The summed E-state index contributed by atoms with van der Waals surface area (Å²) in [5.41, 5.74) is 1.85. The number of fused-ring (bicyclic) bond motifs is 1. The van der Waals surface area contributed by atoms with Crippen LogP contribution in [0.4, 0.5) is 9.52 Å². The van der Waals surface area contributed by atoms with Crippen LogP contribution in [-0.4, -0.2) is 25.6 Å². The van der Waals surface area contributed by atoms with Gasteiger partial charge in [0, 0.05) is 11.8 Å². The van der Waals surface area contributed by atoms with Crippen molar-refractivity contribution in [2.45, 2.75) is 11.4 Å². The number of thiazole rings is 1. The number of hydrogen-bond donors (Lipinski definition) is 0. The second kappa shape index (κ2) is 7.97. The summed E-state index contributed by atoms with van der Waals surface area (Å²) in [7, 11) is -3.36. The van der Waals surface area contributed by atoms with Gasteiger partial charge in [-0.05, 0) is 48.0 Å². The molecule has 0 radical (unpaired) electrons. The quantitative estimate of drug-likeness (QED) is 0.452. The normalized spacial score (nSPS) is 11.5. The van der Waals surface area contributed by atoms with Gasteiger partial charge < -0.3 is 0 Å². The minimum Gasteiger partial charge on any atom is -0.279 e. The summed E-state index contributed by atoms with van der Waals surface area (Å²) >= 11 is 1.23. The van der Waals surface area contributed by atoms with E-state index in [4.69, 9.17) is 0 Å². The largest absolute Gasteiger partial charge is 0.279 e. The van der Waals surface area contributed by atoms with Crippen LogP contribution in [-0.2, 0) is 16.4 Å². The summed E-state index contributed by atoms with van der Waals surface area (Å²) in [6, 6.07) is 19.6. The summed E-state index contributed by atoms with van der Waals surface area (Å²) in [6.45, 7) is 0.274. The van der Waals surface area contributed by atoms with E-state index in [1.54, 1.807) is 6.07 Å². The van der Waals surface area contributed by atoms with Crippen LogP contribution in [0.5, 0.6) is 0 Å². The van der Waals surface area contributed by atoms with Crippen molar-refractivity contribution < 1.29 is 17.6 Å². The molecule has 0 aliphatic heterocycles. The number of rotatable bonds is 5. The van der Waals surface area contributed by atoms with Crippen molar-refractivity contribution in [1.29, 1.82) is 0 Å². The van der Waals surface area contributed by atoms with E-state index in [2.05, 4.69) is 4.98 Å². The highest BCUT2D eigenvalue weighted by molar-refractivity contribution is 7.90. The maximum absolute atomic E-state index is 13.6. The number of hydrogen-bond acceptors (Lipinski definition) is 5. The molecule has 3 aromatic carbocycles. The van der Waals surface area contributed by atoms with Crippen LogP contribution < -0.4 is 4.90 Å². The summed E-state index contributed by atoms with van der Waals surface area (Å²) in [5, 5.41) is 0.441. The van der Waals surface area contributed by atoms with Crippen molar-refractivity contribution >= 4 is 42.4 Å². The Morgan fingerprint density at radius 2 is 1.73 bits per heavy atom. The third-order valence-corrected chi connectivity index (χ3v) is 6.70. The lowest BCUT2D eigenvalue weighted by molar-refractivity contribution is 0.0985. The first-order chi connectivity index (χ1) is 14.3. The zero-order chi connectivity index (χ0) is 21.3. The summed E-state index contributed by atoms with van der Waals surface area (Å²) in [5.74, 6) is -0.687. The first-order valence-electron chi connectivity index (χ1n) is 9.03. The number of halogens is 1. The fourth-order valence-corrected chi connectivity index (χ4v) is 4.61. The standard InChI is InChI=1S/C22H17FN2O3S2/c1-30(27,28)18-10-7-16(8-11-18)21(26)25(14-15-5-3-2-4-6-15)22-24-19-12-9-17(23)13-20(19)29-22/h2-13H,14H2,1H3. The van der Waals surface area contributed by atoms with E-state index in [-0.39, 0.29) is 23.2 Å². The molecule has 1 amide bonds. The van der Waals surface area contributed by atoms with E-state index < -0.39 is 9.84 Å². The molecule has 0 aliphatic carbocycles. The van der Waals surface area contributed by atoms with Crippen LogP contribution in [0.1, 0.15) is 15.9 Å². The monoisotopic (exact) mass is 440 g/mol. The predicted octanol–water partition coefficient (Wildman–Crippen LogP) is 4.69. The van der Waals surface area contributed by atoms with Gasteiger partial charge in [-0.15, -0.1) is 0 Å². The van der Waals surface area contributed by atoms with Crippen LogP contribution in [0.3, 0.4) is 0 Å². The molecule has 0 N–H and O–H groups in total. The minimum atomic E-state index is -3.36. The zero-order valence-corrected chi connectivity index (χ0v) is 17.6. The fraction of sp³-hybridized carbons (Fsp3) is 0.0909. The van der Waals surface area contributed by atoms with Gasteiger partial charge in [0.05, 0.1) is 21.7 Å². The zero-order valence-electron chi connectivity index (χ0n) is 15.9. The number of aromatic nitrogens is 1. The fourth-order valence-electron chi connectivity index (χ4n) is 2.99. The Morgan fingerprint density at radius 1 is 1.03 bits per heavy atom. The lowest BCUT2D eigenvalue weighted by atomic mass is 10.1. The van der Waals surface area contributed by atoms with Gasteiger partial charge in [0.15, 0.2) is 15.0 Å². The second-order valence-corrected chi connectivity index (χ2v) is 9.81. The number of carbonyl (C=O) groups excluding carboxylic acids is 1. The van der Waals surface area contributed by atoms with Crippen LogP contribution >= 0.6 is 11.3 Å². The van der Waals surface area contributed by atoms with Crippen LogP contribution in [0.15, 0.2) is 77.7 Å². The Balaban J connectivity index is 1.75. The molecule has 0 fully saturated rings. The average Bonchev–Trinajstić information content (AvgIpc) is 3.14. The maximum atomic E-state index is 13.6. The first-order valence-corrected chi connectivity index (χ1v) is 11.7. The third kappa shape index (κ3) is 4.24. The topological polar surface area (TPSA) is 67.3 Å². The molecule has 30 heavy (non-hydrogen) atoms. The molecule has 0 saturated heterocycles. The van der Waals surface area contributed by atoms with Gasteiger partial charge in [0.1, 0.15) is 5.82 Å². The molecule has 0 spiro atoms. The Labute approximate surface area is 177 Å². The number of nitrogens with zero attached hydrogens (tertiary/aromatic N) is 2. The predicted molar refractivity (Wildman–Crippen MR) is 116 cm³/mol. The Morgan fingerprint density at radius 3 is 2.40 bits per heavy atom. The number of amides is 1. The number of anilines is 1. The maximum Gasteiger partial charge on any atom is 0.260 e. The van der Waals surface area contributed by atoms with Crippen molar-refractivity contribution in [2.24, 2.45) is 0 Å². The lowest BCUT2D eigenvalue weighted by Crippen LogP contribution is -2.30. The van der Waals surface area contributed by atoms with Crippen LogP contribution in [0.2, 0.25) is 0 Å². The number of benzene rings is 3. The Hall–Kier alpha value is -3.10. The molecule has 5 nitrogen and oxygen atoms in total. The molecule has 0 bridgehead atoms. The third-order valence-electron chi connectivity index (χ3n) is 4.53. The number of sulfone groups is 1. The molecule has 152 valence electrons. The molecule has 4 rings (SSSR count). The van der Waals surface area contributed by atoms with Gasteiger partial charge in [-0.3, -0.25) is 9.69 Å². The van der Waals surface area contributed by atoms with Crippen molar-refractivity contribution in [3.8, 4) is 0 Å². The molecule has 0 atom stereocenters. The molecule has 4 aromatic rings. The molecular formula is C22H17FN2O3S2. The van der Waals surface area contributed by atoms with Gasteiger partial charge in [0.25, 0.3) is 5.91 Å². The second-order valence-electron chi connectivity index (χ2n) is 6.78.